The minimum atomic E-state index is -0.517. The van der Waals surface area contributed by atoms with Gasteiger partial charge in [-0.05, 0) is 33.6 Å². The lowest BCUT2D eigenvalue weighted by Gasteiger charge is -2.28. The van der Waals surface area contributed by atoms with E-state index < -0.39 is 5.60 Å². The number of likely N-dealkylation sites (tertiary alicyclic amines) is 1. The smallest absolute Gasteiger partial charge is 0.306 e. The largest absolute Gasteiger partial charge is 0.460 e. The van der Waals surface area contributed by atoms with Gasteiger partial charge in [-0.2, -0.15) is 0 Å². The van der Waals surface area contributed by atoms with Gasteiger partial charge in [-0.15, -0.1) is 0 Å². The number of aliphatic hydroxyl groups is 1. The minimum Gasteiger partial charge on any atom is -0.460 e. The molecule has 1 aliphatic rings. The van der Waals surface area contributed by atoms with Crippen molar-refractivity contribution in [2.75, 3.05) is 13.2 Å². The van der Waals surface area contributed by atoms with Crippen LogP contribution in [0, 0.1) is 0 Å². The topological polar surface area (TPSA) is 66.8 Å². The molecule has 1 fully saturated rings. The molecule has 0 bridgehead atoms. The molecule has 116 valence electrons. The Kier molecular flexibility index (Phi) is 6.46. The molecule has 0 saturated carbocycles. The fourth-order valence-electron chi connectivity index (χ4n) is 2.44. The second-order valence-corrected chi connectivity index (χ2v) is 6.36. The van der Waals surface area contributed by atoms with Gasteiger partial charge in [0.2, 0.25) is 5.91 Å². The Morgan fingerprint density at radius 2 is 1.90 bits per heavy atom. The number of ether oxygens (including phenoxy) is 1. The maximum atomic E-state index is 12.2. The van der Waals surface area contributed by atoms with Crippen LogP contribution in [0.3, 0.4) is 0 Å². The summed E-state index contributed by atoms with van der Waals surface area (Å²) < 4.78 is 5.19. The van der Waals surface area contributed by atoms with Gasteiger partial charge in [-0.25, -0.2) is 0 Å². The van der Waals surface area contributed by atoms with Crippen LogP contribution < -0.4 is 0 Å². The fraction of sp³-hybridized carbons (Fsp3) is 0.867. The molecule has 0 aromatic rings. The van der Waals surface area contributed by atoms with Crippen LogP contribution >= 0.6 is 0 Å². The van der Waals surface area contributed by atoms with E-state index in [1.165, 1.54) is 0 Å². The summed E-state index contributed by atoms with van der Waals surface area (Å²) in [6.45, 7) is 6.10. The van der Waals surface area contributed by atoms with Crippen molar-refractivity contribution in [3.63, 3.8) is 0 Å². The number of rotatable bonds is 4. The lowest BCUT2D eigenvalue weighted by atomic mass is 10.1. The number of nitrogens with zero attached hydrogens (tertiary/aromatic N) is 1. The average Bonchev–Trinajstić information content (AvgIpc) is 2.58. The van der Waals surface area contributed by atoms with Crippen LogP contribution in [0.1, 0.15) is 59.3 Å². The number of carbonyl (C=O) groups is 2. The third-order valence-corrected chi connectivity index (χ3v) is 3.37. The first kappa shape index (κ1) is 17.0. The molecule has 1 rings (SSSR count). The molecular weight excluding hydrogens is 258 g/mol. The maximum absolute atomic E-state index is 12.2. The highest BCUT2D eigenvalue weighted by Crippen LogP contribution is 2.18. The van der Waals surface area contributed by atoms with Gasteiger partial charge >= 0.3 is 5.97 Å². The van der Waals surface area contributed by atoms with Crippen LogP contribution in [-0.4, -0.2) is 46.7 Å². The average molecular weight is 285 g/mol. The molecule has 1 atom stereocenters. The molecule has 1 unspecified atom stereocenters. The van der Waals surface area contributed by atoms with Gasteiger partial charge in [0.05, 0.1) is 19.1 Å². The Balaban J connectivity index is 2.46. The molecule has 1 saturated heterocycles. The first-order valence-electron chi connectivity index (χ1n) is 7.45. The summed E-state index contributed by atoms with van der Waals surface area (Å²) >= 11 is 0. The van der Waals surface area contributed by atoms with Gasteiger partial charge in [0, 0.05) is 13.0 Å². The summed E-state index contributed by atoms with van der Waals surface area (Å²) in [5, 5.41) is 9.38. The van der Waals surface area contributed by atoms with E-state index in [1.54, 1.807) is 4.90 Å². The van der Waals surface area contributed by atoms with E-state index in [4.69, 9.17) is 4.74 Å². The van der Waals surface area contributed by atoms with Crippen molar-refractivity contribution in [1.29, 1.82) is 0 Å². The van der Waals surface area contributed by atoms with Crippen molar-refractivity contribution in [2.24, 2.45) is 0 Å². The van der Waals surface area contributed by atoms with Crippen molar-refractivity contribution >= 4 is 11.9 Å². The second-order valence-electron chi connectivity index (χ2n) is 6.36. The van der Waals surface area contributed by atoms with E-state index in [9.17, 15) is 14.7 Å². The molecule has 0 spiro atoms. The normalized spacial score (nSPS) is 20.4. The monoisotopic (exact) mass is 285 g/mol. The van der Waals surface area contributed by atoms with Crippen molar-refractivity contribution in [1.82, 2.24) is 4.90 Å². The van der Waals surface area contributed by atoms with Crippen LogP contribution in [0.4, 0.5) is 0 Å². The zero-order valence-corrected chi connectivity index (χ0v) is 12.9. The third-order valence-electron chi connectivity index (χ3n) is 3.37. The molecule has 1 heterocycles. The second kappa shape index (κ2) is 7.62. The van der Waals surface area contributed by atoms with Crippen molar-refractivity contribution in [3.05, 3.63) is 0 Å². The molecule has 0 aliphatic carbocycles. The molecule has 0 aromatic heterocycles. The van der Waals surface area contributed by atoms with Crippen LogP contribution in [0.15, 0.2) is 0 Å². The van der Waals surface area contributed by atoms with E-state index in [-0.39, 0.29) is 37.4 Å². The standard InChI is InChI=1S/C15H27NO4/c1-15(2,3)20-14(19)9-8-13(18)16-10-6-4-5-7-12(16)11-17/h12,17H,4-11H2,1-3H3. The van der Waals surface area contributed by atoms with Crippen LogP contribution in [-0.2, 0) is 14.3 Å². The lowest BCUT2D eigenvalue weighted by molar-refractivity contribution is -0.156. The lowest BCUT2D eigenvalue weighted by Crippen LogP contribution is -2.42. The molecule has 1 amide bonds. The number of amides is 1. The Bertz CT molecular complexity index is 335. The third kappa shape index (κ3) is 5.90. The van der Waals surface area contributed by atoms with Crippen LogP contribution in [0.5, 0.6) is 0 Å². The predicted molar refractivity (Wildman–Crippen MR) is 76.1 cm³/mol. The summed E-state index contributed by atoms with van der Waals surface area (Å²) in [5.41, 5.74) is -0.517. The number of hydrogen-bond acceptors (Lipinski definition) is 4. The SMILES string of the molecule is CC(C)(C)OC(=O)CCC(=O)N1CCCCCC1CO. The minimum absolute atomic E-state index is 0.00181. The molecule has 0 aromatic carbocycles. The van der Waals surface area contributed by atoms with E-state index in [0.29, 0.717) is 6.54 Å². The van der Waals surface area contributed by atoms with Gasteiger partial charge in [-0.1, -0.05) is 12.8 Å². The number of carbonyl (C=O) groups excluding carboxylic acids is 2. The van der Waals surface area contributed by atoms with Crippen molar-refractivity contribution in [3.8, 4) is 0 Å². The van der Waals surface area contributed by atoms with Crippen LogP contribution in [0.2, 0.25) is 0 Å². The fourth-order valence-corrected chi connectivity index (χ4v) is 2.44. The summed E-state index contributed by atoms with van der Waals surface area (Å²) in [6.07, 6.45) is 4.20. The molecule has 5 nitrogen and oxygen atoms in total. The Hall–Kier alpha value is -1.10. The van der Waals surface area contributed by atoms with Gasteiger partial charge in [0.15, 0.2) is 0 Å². The highest BCUT2D eigenvalue weighted by atomic mass is 16.6. The highest BCUT2D eigenvalue weighted by Gasteiger charge is 2.25. The van der Waals surface area contributed by atoms with E-state index >= 15 is 0 Å². The molecular formula is C15H27NO4. The number of hydrogen-bond donors (Lipinski definition) is 1. The maximum Gasteiger partial charge on any atom is 0.306 e. The summed E-state index contributed by atoms with van der Waals surface area (Å²) in [7, 11) is 0. The van der Waals surface area contributed by atoms with Crippen molar-refractivity contribution in [2.45, 2.75) is 70.9 Å². The summed E-state index contributed by atoms with van der Waals surface area (Å²) in [6, 6.07) is -0.0939. The first-order valence-corrected chi connectivity index (χ1v) is 7.45. The van der Waals surface area contributed by atoms with Gasteiger partial charge in [0.25, 0.3) is 0 Å². The molecule has 5 heteroatoms. The van der Waals surface area contributed by atoms with Crippen molar-refractivity contribution < 1.29 is 19.4 Å². The Morgan fingerprint density at radius 1 is 1.20 bits per heavy atom. The Labute approximate surface area is 121 Å². The summed E-state index contributed by atoms with van der Waals surface area (Å²) in [5.74, 6) is -0.405. The number of aliphatic hydroxyl groups excluding tert-OH is 1. The van der Waals surface area contributed by atoms with Gasteiger partial charge < -0.3 is 14.7 Å². The van der Waals surface area contributed by atoms with Gasteiger partial charge in [0.1, 0.15) is 5.60 Å². The Morgan fingerprint density at radius 3 is 2.50 bits per heavy atom. The number of esters is 1. The van der Waals surface area contributed by atoms with Crippen LogP contribution in [0.25, 0.3) is 0 Å². The first-order chi connectivity index (χ1) is 9.33. The highest BCUT2D eigenvalue weighted by molar-refractivity contribution is 5.81. The predicted octanol–water partition coefficient (Wildman–Crippen LogP) is 1.87. The van der Waals surface area contributed by atoms with E-state index in [2.05, 4.69) is 0 Å². The molecule has 1 N–H and O–H groups in total. The van der Waals surface area contributed by atoms with E-state index in [1.807, 2.05) is 20.8 Å². The zero-order valence-electron chi connectivity index (χ0n) is 12.9. The zero-order chi connectivity index (χ0) is 15.2. The summed E-state index contributed by atoms with van der Waals surface area (Å²) in [4.78, 5) is 25.6. The van der Waals surface area contributed by atoms with Gasteiger partial charge in [-0.3, -0.25) is 9.59 Å². The molecule has 0 radical (unpaired) electrons. The quantitative estimate of drug-likeness (QED) is 0.801. The molecule has 20 heavy (non-hydrogen) atoms. The molecule has 1 aliphatic heterocycles. The van der Waals surface area contributed by atoms with E-state index in [0.717, 1.165) is 25.7 Å².